The van der Waals surface area contributed by atoms with Crippen LogP contribution in [0.2, 0.25) is 0 Å². The highest BCUT2D eigenvalue weighted by molar-refractivity contribution is 5.85. The Kier molecular flexibility index (Phi) is 10.5. The number of benzene rings is 1. The lowest BCUT2D eigenvalue weighted by atomic mass is 9.98. The summed E-state index contributed by atoms with van der Waals surface area (Å²) in [4.78, 5) is 2.23. The van der Waals surface area contributed by atoms with Crippen LogP contribution in [0, 0.1) is 0 Å². The zero-order chi connectivity index (χ0) is 17.7. The fourth-order valence-corrected chi connectivity index (χ4v) is 2.77. The minimum absolute atomic E-state index is 0. The fourth-order valence-electron chi connectivity index (χ4n) is 2.77. The number of alkyl halides is 4. The Morgan fingerprint density at radius 1 is 1.27 bits per heavy atom. The van der Waals surface area contributed by atoms with Gasteiger partial charge in [0.05, 0.1) is 0 Å². The smallest absolute Gasteiger partial charge is 0.428 e. The van der Waals surface area contributed by atoms with Gasteiger partial charge in [-0.25, -0.2) is 0 Å². The van der Waals surface area contributed by atoms with Crippen molar-refractivity contribution >= 4 is 24.8 Å². The van der Waals surface area contributed by atoms with Crippen molar-refractivity contribution in [2.24, 2.45) is 0 Å². The molecule has 0 aromatic heterocycles. The van der Waals surface area contributed by atoms with Crippen molar-refractivity contribution in [3.05, 3.63) is 42.0 Å². The number of ether oxygens (including phenoxy) is 1. The van der Waals surface area contributed by atoms with E-state index in [4.69, 9.17) is 0 Å². The first-order valence-corrected chi connectivity index (χ1v) is 7.83. The van der Waals surface area contributed by atoms with E-state index in [2.05, 4.69) is 21.5 Å². The van der Waals surface area contributed by atoms with Gasteiger partial charge in [0.2, 0.25) is 0 Å². The summed E-state index contributed by atoms with van der Waals surface area (Å²) < 4.78 is 55.1. The number of nitrogens with one attached hydrogen (secondary N) is 1. The second-order valence-electron chi connectivity index (χ2n) is 6.00. The lowest BCUT2D eigenvalue weighted by Gasteiger charge is -2.35. The van der Waals surface area contributed by atoms with Gasteiger partial charge < -0.3 is 10.1 Å². The van der Waals surface area contributed by atoms with E-state index < -0.39 is 12.5 Å². The van der Waals surface area contributed by atoms with E-state index >= 15 is 0 Å². The summed E-state index contributed by atoms with van der Waals surface area (Å²) in [5, 5.41) is 3.26. The van der Waals surface area contributed by atoms with Gasteiger partial charge in [-0.2, -0.15) is 17.6 Å². The van der Waals surface area contributed by atoms with Crippen molar-refractivity contribution in [1.82, 2.24) is 10.2 Å². The quantitative estimate of drug-likeness (QED) is 0.513. The molecule has 1 aromatic carbocycles. The molecule has 1 aliphatic heterocycles. The average Bonchev–Trinajstić information content (AvgIpc) is 2.53. The van der Waals surface area contributed by atoms with E-state index in [-0.39, 0.29) is 36.6 Å². The van der Waals surface area contributed by atoms with Crippen molar-refractivity contribution in [3.63, 3.8) is 0 Å². The third kappa shape index (κ3) is 6.95. The van der Waals surface area contributed by atoms with Crippen molar-refractivity contribution in [2.75, 3.05) is 26.2 Å². The van der Waals surface area contributed by atoms with Crippen LogP contribution < -0.4 is 10.1 Å². The lowest BCUT2D eigenvalue weighted by Crippen LogP contribution is -2.45. The van der Waals surface area contributed by atoms with Crippen LogP contribution in [0.3, 0.4) is 0 Å². The van der Waals surface area contributed by atoms with Gasteiger partial charge in [-0.1, -0.05) is 17.7 Å². The predicted molar refractivity (Wildman–Crippen MR) is 99.1 cm³/mol. The number of halogens is 6. The van der Waals surface area contributed by atoms with Crippen molar-refractivity contribution in [2.45, 2.75) is 31.9 Å². The molecule has 1 fully saturated rings. The van der Waals surface area contributed by atoms with Crippen LogP contribution in [0.5, 0.6) is 5.75 Å². The van der Waals surface area contributed by atoms with E-state index in [1.54, 1.807) is 12.1 Å². The number of piperazine rings is 1. The van der Waals surface area contributed by atoms with Crippen LogP contribution in [0.4, 0.5) is 17.6 Å². The molecule has 26 heavy (non-hydrogen) atoms. The van der Waals surface area contributed by atoms with Gasteiger partial charge >= 0.3 is 12.5 Å². The van der Waals surface area contributed by atoms with Crippen LogP contribution in [0.15, 0.2) is 36.4 Å². The number of hydrogen-bond donors (Lipinski definition) is 1. The molecule has 1 aromatic rings. The van der Waals surface area contributed by atoms with E-state index in [1.807, 2.05) is 6.92 Å². The highest BCUT2D eigenvalue weighted by Gasteiger charge is 2.44. The van der Waals surface area contributed by atoms with Crippen molar-refractivity contribution < 1.29 is 22.3 Å². The molecule has 0 saturated carbocycles. The largest absolute Gasteiger partial charge is 0.461 e. The standard InChI is InChI=1S/C17H22F4N2O.2ClH/c1-12(2)10-15(23-8-6-22-7-9-23)13-4-3-5-14(11-13)24-17(20,21)16(18)19;;/h3-5,11,15-16,22H,1,6-10H2,2H3;2*1H/t15-;;/m0../s1. The Labute approximate surface area is 163 Å². The number of nitrogens with zero attached hydrogens (tertiary/aromatic N) is 1. The molecule has 0 radical (unpaired) electrons. The normalized spacial score (nSPS) is 16.4. The first-order valence-electron chi connectivity index (χ1n) is 7.83. The van der Waals surface area contributed by atoms with Gasteiger partial charge in [0.25, 0.3) is 0 Å². The maximum atomic E-state index is 13.1. The average molecular weight is 419 g/mol. The summed E-state index contributed by atoms with van der Waals surface area (Å²) in [6, 6.07) is 5.96. The van der Waals surface area contributed by atoms with Crippen LogP contribution in [0.25, 0.3) is 0 Å². The zero-order valence-corrected chi connectivity index (χ0v) is 16.0. The topological polar surface area (TPSA) is 24.5 Å². The molecule has 0 aliphatic carbocycles. The van der Waals surface area contributed by atoms with E-state index in [0.717, 1.165) is 37.3 Å². The number of hydrogen-bond acceptors (Lipinski definition) is 3. The first kappa shape index (κ1) is 25.0. The Morgan fingerprint density at radius 3 is 2.42 bits per heavy atom. The molecule has 9 heteroatoms. The van der Waals surface area contributed by atoms with Gasteiger partial charge in [0.15, 0.2) is 0 Å². The second kappa shape index (κ2) is 11.0. The van der Waals surface area contributed by atoms with Crippen LogP contribution in [0.1, 0.15) is 24.9 Å². The first-order chi connectivity index (χ1) is 11.3. The third-order valence-electron chi connectivity index (χ3n) is 3.89. The molecule has 0 amide bonds. The lowest BCUT2D eigenvalue weighted by molar-refractivity contribution is -0.253. The summed E-state index contributed by atoms with van der Waals surface area (Å²) in [6.07, 6.45) is -7.72. The van der Waals surface area contributed by atoms with Gasteiger partial charge in [0, 0.05) is 32.2 Å². The van der Waals surface area contributed by atoms with E-state index in [0.29, 0.717) is 6.42 Å². The molecule has 0 unspecified atom stereocenters. The molecule has 1 heterocycles. The van der Waals surface area contributed by atoms with Crippen LogP contribution >= 0.6 is 24.8 Å². The minimum Gasteiger partial charge on any atom is -0.428 e. The molecule has 1 atom stereocenters. The molecule has 0 bridgehead atoms. The Hall–Kier alpha value is -1.02. The SMILES string of the molecule is C=C(C)C[C@@H](c1cccc(OC(F)(F)C(F)F)c1)N1CCNCC1.Cl.Cl. The van der Waals surface area contributed by atoms with Crippen molar-refractivity contribution in [1.29, 1.82) is 0 Å². The van der Waals surface area contributed by atoms with Crippen molar-refractivity contribution in [3.8, 4) is 5.75 Å². The van der Waals surface area contributed by atoms with Crippen LogP contribution in [-0.2, 0) is 0 Å². The van der Waals surface area contributed by atoms with Gasteiger partial charge in [-0.15, -0.1) is 31.4 Å². The maximum Gasteiger partial charge on any atom is 0.461 e. The summed E-state index contributed by atoms with van der Waals surface area (Å²) in [5.41, 5.74) is 1.71. The van der Waals surface area contributed by atoms with E-state index in [1.165, 1.54) is 12.1 Å². The molecule has 150 valence electrons. The minimum atomic E-state index is -4.50. The molecule has 2 rings (SSSR count). The summed E-state index contributed by atoms with van der Waals surface area (Å²) >= 11 is 0. The fraction of sp³-hybridized carbons (Fsp3) is 0.529. The highest BCUT2D eigenvalue weighted by atomic mass is 35.5. The Balaban J connectivity index is 0.00000312. The van der Waals surface area contributed by atoms with Gasteiger partial charge in [0.1, 0.15) is 5.75 Å². The summed E-state index contributed by atoms with van der Waals surface area (Å²) in [6.45, 7) is 9.14. The zero-order valence-electron chi connectivity index (χ0n) is 14.4. The monoisotopic (exact) mass is 418 g/mol. The molecule has 1 saturated heterocycles. The summed E-state index contributed by atoms with van der Waals surface area (Å²) in [7, 11) is 0. The molecular formula is C17H24Cl2F4N2O. The predicted octanol–water partition coefficient (Wildman–Crippen LogP) is 4.68. The maximum absolute atomic E-state index is 13.1. The van der Waals surface area contributed by atoms with Gasteiger partial charge in [-0.3, -0.25) is 4.90 Å². The van der Waals surface area contributed by atoms with E-state index in [9.17, 15) is 17.6 Å². The summed E-state index contributed by atoms with van der Waals surface area (Å²) in [5.74, 6) is -0.264. The van der Waals surface area contributed by atoms with Crippen LogP contribution in [-0.4, -0.2) is 43.6 Å². The highest BCUT2D eigenvalue weighted by Crippen LogP contribution is 2.32. The number of rotatable bonds is 7. The second-order valence-corrected chi connectivity index (χ2v) is 6.00. The molecule has 1 aliphatic rings. The Bertz CT molecular complexity index is 569. The third-order valence-corrected chi connectivity index (χ3v) is 3.89. The molecule has 3 nitrogen and oxygen atoms in total. The Morgan fingerprint density at radius 2 is 1.88 bits per heavy atom. The molecular weight excluding hydrogens is 395 g/mol. The van der Waals surface area contributed by atoms with Gasteiger partial charge in [-0.05, 0) is 31.0 Å². The molecule has 1 N–H and O–H groups in total. The molecule has 0 spiro atoms.